The number of thiazole rings is 1. The number of hydrazine groups is 1. The zero-order valence-corrected chi connectivity index (χ0v) is 12.4. The van der Waals surface area contributed by atoms with Crippen LogP contribution in [0.3, 0.4) is 0 Å². The van der Waals surface area contributed by atoms with Crippen LogP contribution < -0.4 is 10.9 Å². The first-order chi connectivity index (χ1) is 10.1. The minimum Gasteiger partial charge on any atom is -0.273 e. The zero-order chi connectivity index (χ0) is 14.8. The fraction of sp³-hybridized carbons (Fsp3) is 0.267. The molecule has 0 aliphatic heterocycles. The maximum Gasteiger partial charge on any atom is 0.289 e. The molecule has 21 heavy (non-hydrogen) atoms. The average Bonchev–Trinajstić information content (AvgIpc) is 3.23. The molecule has 3 rings (SSSR count). The molecular weight excluding hydrogens is 286 g/mol. The van der Waals surface area contributed by atoms with E-state index in [0.29, 0.717) is 5.69 Å². The lowest BCUT2D eigenvalue weighted by molar-refractivity contribution is -0.123. The molecule has 0 spiro atoms. The summed E-state index contributed by atoms with van der Waals surface area (Å²) < 4.78 is 0. The van der Waals surface area contributed by atoms with Crippen molar-refractivity contribution in [2.75, 3.05) is 0 Å². The predicted molar refractivity (Wildman–Crippen MR) is 80.6 cm³/mol. The number of nitrogens with zero attached hydrogens (tertiary/aromatic N) is 1. The summed E-state index contributed by atoms with van der Waals surface area (Å²) in [4.78, 5) is 27.7. The monoisotopic (exact) mass is 301 g/mol. The molecule has 2 N–H and O–H groups in total. The summed E-state index contributed by atoms with van der Waals surface area (Å²) >= 11 is 1.41. The van der Waals surface area contributed by atoms with Crippen LogP contribution in [0.25, 0.3) is 10.6 Å². The Bertz CT molecular complexity index is 674. The maximum absolute atomic E-state index is 11.9. The van der Waals surface area contributed by atoms with Crippen molar-refractivity contribution in [3.05, 3.63) is 40.9 Å². The normalized spacial score (nSPS) is 13.8. The Labute approximate surface area is 126 Å². The second kappa shape index (κ2) is 5.65. The first kappa shape index (κ1) is 13.8. The third kappa shape index (κ3) is 3.28. The number of rotatable bonds is 3. The molecule has 1 aliphatic rings. The number of aromatic nitrogens is 1. The molecule has 1 aliphatic carbocycles. The van der Waals surface area contributed by atoms with E-state index in [0.717, 1.165) is 23.4 Å². The van der Waals surface area contributed by atoms with Gasteiger partial charge in [-0.1, -0.05) is 29.8 Å². The molecule has 5 nitrogen and oxygen atoms in total. The van der Waals surface area contributed by atoms with Crippen LogP contribution in [0, 0.1) is 12.8 Å². The van der Waals surface area contributed by atoms with Crippen LogP contribution in [0.1, 0.15) is 28.9 Å². The standard InChI is InChI=1S/C15H15N3O2S/c1-9-2-4-11(5-3-9)15-16-12(8-21-15)14(20)18-17-13(19)10-6-7-10/h2-5,8,10H,6-7H2,1H3,(H,17,19)(H,18,20). The van der Waals surface area contributed by atoms with Gasteiger partial charge in [-0.3, -0.25) is 20.4 Å². The van der Waals surface area contributed by atoms with Gasteiger partial charge in [0.15, 0.2) is 0 Å². The van der Waals surface area contributed by atoms with Crippen LogP contribution in [-0.2, 0) is 4.79 Å². The Hall–Kier alpha value is -2.21. The predicted octanol–water partition coefficient (Wildman–Crippen LogP) is 2.29. The molecule has 0 saturated heterocycles. The minimum absolute atomic E-state index is 0.0591. The van der Waals surface area contributed by atoms with Gasteiger partial charge in [-0.15, -0.1) is 11.3 Å². The summed E-state index contributed by atoms with van der Waals surface area (Å²) in [6, 6.07) is 7.97. The third-order valence-corrected chi connectivity index (χ3v) is 4.17. The van der Waals surface area contributed by atoms with Gasteiger partial charge in [0.05, 0.1) is 0 Å². The Morgan fingerprint density at radius 1 is 1.19 bits per heavy atom. The molecule has 1 saturated carbocycles. The highest BCUT2D eigenvalue weighted by Crippen LogP contribution is 2.28. The van der Waals surface area contributed by atoms with Crippen LogP contribution in [0.2, 0.25) is 0 Å². The highest BCUT2D eigenvalue weighted by Gasteiger charge is 2.29. The van der Waals surface area contributed by atoms with Gasteiger partial charge in [0.2, 0.25) is 5.91 Å². The molecule has 1 fully saturated rings. The number of hydrogen-bond acceptors (Lipinski definition) is 4. The van der Waals surface area contributed by atoms with E-state index in [1.54, 1.807) is 5.38 Å². The van der Waals surface area contributed by atoms with E-state index in [4.69, 9.17) is 0 Å². The smallest absolute Gasteiger partial charge is 0.273 e. The second-order valence-corrected chi connectivity index (χ2v) is 5.98. The van der Waals surface area contributed by atoms with E-state index in [9.17, 15) is 9.59 Å². The van der Waals surface area contributed by atoms with Crippen molar-refractivity contribution in [1.82, 2.24) is 15.8 Å². The quantitative estimate of drug-likeness (QED) is 0.854. The summed E-state index contributed by atoms with van der Waals surface area (Å²) in [7, 11) is 0. The molecule has 1 heterocycles. The summed E-state index contributed by atoms with van der Waals surface area (Å²) in [6.45, 7) is 2.02. The molecule has 1 aromatic heterocycles. The van der Waals surface area contributed by atoms with E-state index >= 15 is 0 Å². The molecule has 2 aromatic rings. The van der Waals surface area contributed by atoms with Gasteiger partial charge in [0, 0.05) is 16.9 Å². The van der Waals surface area contributed by atoms with Gasteiger partial charge >= 0.3 is 0 Å². The number of aryl methyl sites for hydroxylation is 1. The molecule has 0 atom stereocenters. The van der Waals surface area contributed by atoms with Gasteiger partial charge in [0.25, 0.3) is 5.91 Å². The van der Waals surface area contributed by atoms with Crippen molar-refractivity contribution in [2.45, 2.75) is 19.8 Å². The number of carbonyl (C=O) groups is 2. The summed E-state index contributed by atoms with van der Waals surface area (Å²) in [5, 5.41) is 2.47. The van der Waals surface area contributed by atoms with Crippen molar-refractivity contribution in [3.8, 4) is 10.6 Å². The Morgan fingerprint density at radius 2 is 1.90 bits per heavy atom. The minimum atomic E-state index is -0.390. The van der Waals surface area contributed by atoms with Gasteiger partial charge in [0.1, 0.15) is 10.7 Å². The van der Waals surface area contributed by atoms with Crippen LogP contribution >= 0.6 is 11.3 Å². The van der Waals surface area contributed by atoms with Gasteiger partial charge in [-0.2, -0.15) is 0 Å². The number of carbonyl (C=O) groups excluding carboxylic acids is 2. The fourth-order valence-electron chi connectivity index (χ4n) is 1.84. The van der Waals surface area contributed by atoms with E-state index in [1.165, 1.54) is 16.9 Å². The number of hydrogen-bond donors (Lipinski definition) is 2. The lowest BCUT2D eigenvalue weighted by Crippen LogP contribution is -2.42. The van der Waals surface area contributed by atoms with E-state index in [-0.39, 0.29) is 11.8 Å². The topological polar surface area (TPSA) is 71.1 Å². The lowest BCUT2D eigenvalue weighted by Gasteiger charge is -2.04. The SMILES string of the molecule is Cc1ccc(-c2nc(C(=O)NNC(=O)C3CC3)cs2)cc1. The molecule has 0 bridgehead atoms. The second-order valence-electron chi connectivity index (χ2n) is 5.12. The van der Waals surface area contributed by atoms with Crippen LogP contribution in [0.5, 0.6) is 0 Å². The summed E-state index contributed by atoms with van der Waals surface area (Å²) in [5.41, 5.74) is 7.29. The first-order valence-corrected chi connectivity index (χ1v) is 7.64. The van der Waals surface area contributed by atoms with Crippen molar-refractivity contribution >= 4 is 23.2 Å². The molecule has 0 radical (unpaired) electrons. The van der Waals surface area contributed by atoms with Gasteiger partial charge in [-0.05, 0) is 19.8 Å². The van der Waals surface area contributed by atoms with Crippen LogP contribution in [0.15, 0.2) is 29.6 Å². The van der Waals surface area contributed by atoms with Gasteiger partial charge < -0.3 is 0 Å². The number of nitrogens with one attached hydrogen (secondary N) is 2. The molecule has 6 heteroatoms. The van der Waals surface area contributed by atoms with E-state index in [1.807, 2.05) is 31.2 Å². The molecule has 0 unspecified atom stereocenters. The Kier molecular flexibility index (Phi) is 3.70. The van der Waals surface area contributed by atoms with Crippen LogP contribution in [0.4, 0.5) is 0 Å². The summed E-state index contributed by atoms with van der Waals surface area (Å²) in [6.07, 6.45) is 1.80. The fourth-order valence-corrected chi connectivity index (χ4v) is 2.64. The van der Waals surface area contributed by atoms with Crippen LogP contribution in [-0.4, -0.2) is 16.8 Å². The molecular formula is C15H15N3O2S. The highest BCUT2D eigenvalue weighted by molar-refractivity contribution is 7.13. The Balaban J connectivity index is 1.64. The highest BCUT2D eigenvalue weighted by atomic mass is 32.1. The number of amides is 2. The lowest BCUT2D eigenvalue weighted by atomic mass is 10.2. The van der Waals surface area contributed by atoms with Crippen molar-refractivity contribution in [2.24, 2.45) is 5.92 Å². The van der Waals surface area contributed by atoms with Crippen molar-refractivity contribution in [1.29, 1.82) is 0 Å². The number of benzene rings is 1. The molecule has 2 amide bonds. The zero-order valence-electron chi connectivity index (χ0n) is 11.6. The van der Waals surface area contributed by atoms with Crippen molar-refractivity contribution in [3.63, 3.8) is 0 Å². The van der Waals surface area contributed by atoms with E-state index < -0.39 is 5.91 Å². The van der Waals surface area contributed by atoms with Crippen molar-refractivity contribution < 1.29 is 9.59 Å². The largest absolute Gasteiger partial charge is 0.289 e. The molecule has 108 valence electrons. The average molecular weight is 301 g/mol. The van der Waals surface area contributed by atoms with Gasteiger partial charge in [-0.25, -0.2) is 4.98 Å². The first-order valence-electron chi connectivity index (χ1n) is 6.76. The molecule has 1 aromatic carbocycles. The summed E-state index contributed by atoms with van der Waals surface area (Å²) in [5.74, 6) is -0.459. The Morgan fingerprint density at radius 3 is 2.57 bits per heavy atom. The third-order valence-electron chi connectivity index (χ3n) is 3.28. The maximum atomic E-state index is 11.9. The van der Waals surface area contributed by atoms with E-state index in [2.05, 4.69) is 15.8 Å².